The van der Waals surface area contributed by atoms with Crippen molar-refractivity contribution < 1.29 is 27.5 Å². The van der Waals surface area contributed by atoms with Gasteiger partial charge in [-0.15, -0.1) is 0 Å². The van der Waals surface area contributed by atoms with Crippen LogP contribution in [0.4, 0.5) is 35.0 Å². The van der Waals surface area contributed by atoms with E-state index in [2.05, 4.69) is 25.5 Å². The van der Waals surface area contributed by atoms with Crippen LogP contribution in [-0.2, 0) is 19.0 Å². The summed E-state index contributed by atoms with van der Waals surface area (Å²) in [5.74, 6) is 0.275. The molecule has 0 bridgehead atoms. The molecule has 0 saturated carbocycles. The predicted molar refractivity (Wildman–Crippen MR) is 140 cm³/mol. The van der Waals surface area contributed by atoms with Crippen molar-refractivity contribution in [2.24, 2.45) is 5.73 Å². The Morgan fingerprint density at radius 3 is 2.60 bits per heavy atom. The van der Waals surface area contributed by atoms with Crippen molar-refractivity contribution >= 4 is 23.4 Å². The van der Waals surface area contributed by atoms with Gasteiger partial charge in [-0.05, 0) is 49.6 Å². The molecule has 1 saturated heterocycles. The average molecular weight is 556 g/mol. The summed E-state index contributed by atoms with van der Waals surface area (Å²) in [5.41, 5.74) is 4.12. The SMILES string of the molecule is Cc1nc(Nc2cc(CCc3ccc(F)c(-c4c(C(N)=O)cccc4C(F)(F)F)c3)[nH]n2)cc(N2CC(O)C2)n1. The van der Waals surface area contributed by atoms with E-state index in [-0.39, 0.29) is 11.7 Å². The highest BCUT2D eigenvalue weighted by molar-refractivity contribution is 6.01. The summed E-state index contributed by atoms with van der Waals surface area (Å²) in [7, 11) is 0. The molecule has 5 N–H and O–H groups in total. The number of hydrogen-bond acceptors (Lipinski definition) is 7. The lowest BCUT2D eigenvalue weighted by Gasteiger charge is -2.36. The van der Waals surface area contributed by atoms with Gasteiger partial charge in [-0.2, -0.15) is 18.3 Å². The first-order valence-corrected chi connectivity index (χ1v) is 12.4. The number of carbonyl (C=O) groups excluding carboxylic acids is 1. The lowest BCUT2D eigenvalue weighted by Crippen LogP contribution is -2.51. The summed E-state index contributed by atoms with van der Waals surface area (Å²) in [5, 5.41) is 19.8. The highest BCUT2D eigenvalue weighted by atomic mass is 19.4. The Morgan fingerprint density at radius 2 is 1.90 bits per heavy atom. The molecule has 40 heavy (non-hydrogen) atoms. The molecule has 0 radical (unpaired) electrons. The van der Waals surface area contributed by atoms with Crippen LogP contribution in [-0.4, -0.2) is 50.4 Å². The summed E-state index contributed by atoms with van der Waals surface area (Å²) in [4.78, 5) is 22.6. The Labute approximate surface area is 226 Å². The molecule has 1 aliphatic rings. The molecule has 1 amide bonds. The zero-order chi connectivity index (χ0) is 28.6. The topological polar surface area (TPSA) is 133 Å². The number of β-amino-alcohol motifs (C(OH)–C–C–N with tert-alkyl or cyclic N) is 1. The van der Waals surface area contributed by atoms with Crippen molar-refractivity contribution in [1.82, 2.24) is 20.2 Å². The van der Waals surface area contributed by atoms with Gasteiger partial charge >= 0.3 is 6.18 Å². The second-order valence-electron chi connectivity index (χ2n) is 9.53. The van der Waals surface area contributed by atoms with E-state index in [1.807, 2.05) is 4.90 Å². The van der Waals surface area contributed by atoms with Crippen LogP contribution in [0.5, 0.6) is 0 Å². The molecule has 1 aliphatic heterocycles. The minimum atomic E-state index is -4.82. The molecule has 2 aromatic carbocycles. The molecule has 3 heterocycles. The number of aliphatic hydroxyl groups is 1. The molecule has 208 valence electrons. The molecule has 9 nitrogen and oxygen atoms in total. The highest BCUT2D eigenvalue weighted by Crippen LogP contribution is 2.40. The lowest BCUT2D eigenvalue weighted by molar-refractivity contribution is -0.137. The van der Waals surface area contributed by atoms with Crippen molar-refractivity contribution in [3.63, 3.8) is 0 Å². The van der Waals surface area contributed by atoms with E-state index in [0.29, 0.717) is 54.8 Å². The van der Waals surface area contributed by atoms with Gasteiger partial charge in [0.05, 0.1) is 11.7 Å². The van der Waals surface area contributed by atoms with Crippen molar-refractivity contribution in [2.45, 2.75) is 32.0 Å². The number of carbonyl (C=O) groups is 1. The molecule has 0 atom stereocenters. The van der Waals surface area contributed by atoms with Gasteiger partial charge < -0.3 is 21.1 Å². The van der Waals surface area contributed by atoms with E-state index < -0.39 is 34.6 Å². The van der Waals surface area contributed by atoms with Crippen LogP contribution in [0.1, 0.15) is 33.0 Å². The molecule has 4 aromatic rings. The predicted octanol–water partition coefficient (Wildman–Crippen LogP) is 4.14. The van der Waals surface area contributed by atoms with Crippen molar-refractivity contribution in [1.29, 1.82) is 0 Å². The Kier molecular flexibility index (Phi) is 7.15. The van der Waals surface area contributed by atoms with Gasteiger partial charge in [0.25, 0.3) is 0 Å². The van der Waals surface area contributed by atoms with E-state index in [0.717, 1.165) is 30.0 Å². The molecular weight excluding hydrogens is 530 g/mol. The number of aryl methyl sites for hydroxylation is 3. The smallest absolute Gasteiger partial charge is 0.389 e. The molecule has 0 aliphatic carbocycles. The van der Waals surface area contributed by atoms with Crippen molar-refractivity contribution in [2.75, 3.05) is 23.3 Å². The molecule has 2 aromatic heterocycles. The zero-order valence-corrected chi connectivity index (χ0v) is 21.3. The molecular formula is C27H25F4N7O2. The highest BCUT2D eigenvalue weighted by Gasteiger charge is 2.36. The second kappa shape index (κ2) is 10.6. The number of hydrogen-bond donors (Lipinski definition) is 4. The summed E-state index contributed by atoms with van der Waals surface area (Å²) < 4.78 is 56.1. The molecule has 13 heteroatoms. The van der Waals surface area contributed by atoms with Gasteiger partial charge in [0.15, 0.2) is 5.82 Å². The van der Waals surface area contributed by atoms with Crippen LogP contribution >= 0.6 is 0 Å². The number of nitrogens with two attached hydrogens (primary N) is 1. The largest absolute Gasteiger partial charge is 0.417 e. The van der Waals surface area contributed by atoms with Crippen LogP contribution in [0.15, 0.2) is 48.5 Å². The fourth-order valence-electron chi connectivity index (χ4n) is 4.59. The van der Waals surface area contributed by atoms with E-state index >= 15 is 0 Å². The van der Waals surface area contributed by atoms with Gasteiger partial charge in [-0.25, -0.2) is 14.4 Å². The normalized spacial score (nSPS) is 13.8. The number of aliphatic hydroxyl groups excluding tert-OH is 1. The number of amides is 1. The third-order valence-electron chi connectivity index (χ3n) is 6.52. The quantitative estimate of drug-likeness (QED) is 0.240. The lowest BCUT2D eigenvalue weighted by atomic mass is 9.91. The van der Waals surface area contributed by atoms with Gasteiger partial charge in [0, 0.05) is 47.6 Å². The van der Waals surface area contributed by atoms with Crippen LogP contribution in [0.2, 0.25) is 0 Å². The number of nitrogens with zero attached hydrogens (tertiary/aromatic N) is 4. The number of alkyl halides is 3. The average Bonchev–Trinajstić information content (AvgIpc) is 3.32. The first kappa shape index (κ1) is 27.1. The molecule has 1 fully saturated rings. The summed E-state index contributed by atoms with van der Waals surface area (Å²) in [6, 6.07) is 10.4. The van der Waals surface area contributed by atoms with E-state index in [1.54, 1.807) is 19.1 Å². The Bertz CT molecular complexity index is 1560. The van der Waals surface area contributed by atoms with E-state index in [1.165, 1.54) is 12.1 Å². The van der Waals surface area contributed by atoms with Crippen LogP contribution < -0.4 is 16.0 Å². The van der Waals surface area contributed by atoms with Crippen LogP contribution in [0, 0.1) is 12.7 Å². The van der Waals surface area contributed by atoms with E-state index in [9.17, 15) is 27.5 Å². The Hall–Kier alpha value is -4.52. The van der Waals surface area contributed by atoms with Crippen LogP contribution in [0.3, 0.4) is 0 Å². The number of aromatic amines is 1. The number of rotatable bonds is 8. The van der Waals surface area contributed by atoms with Gasteiger partial charge in [-0.3, -0.25) is 9.89 Å². The first-order chi connectivity index (χ1) is 19.0. The Morgan fingerprint density at radius 1 is 1.12 bits per heavy atom. The number of halogens is 4. The maximum Gasteiger partial charge on any atom is 0.417 e. The Balaban J connectivity index is 1.33. The standard InChI is InChI=1S/C27H25F4N7O2/c1-14-33-22(11-24(34-14)38-12-17(39)13-38)35-23-10-16(36-37-23)7-5-15-6-8-21(28)19(9-15)25-18(26(32)40)3-2-4-20(25)27(29,30)31/h2-4,6,8-11,17,39H,5,7,12-13H2,1H3,(H2,32,40)(H2,33,34,35,36,37). The minimum Gasteiger partial charge on any atom is -0.389 e. The van der Waals surface area contributed by atoms with Crippen LogP contribution in [0.25, 0.3) is 11.1 Å². The van der Waals surface area contributed by atoms with E-state index in [4.69, 9.17) is 5.73 Å². The number of H-pyrrole nitrogens is 1. The number of aromatic nitrogens is 4. The zero-order valence-electron chi connectivity index (χ0n) is 21.3. The maximum atomic E-state index is 14.8. The maximum absolute atomic E-state index is 14.8. The fourth-order valence-corrected chi connectivity index (χ4v) is 4.59. The monoisotopic (exact) mass is 555 g/mol. The first-order valence-electron chi connectivity index (χ1n) is 12.4. The second-order valence-corrected chi connectivity index (χ2v) is 9.53. The van der Waals surface area contributed by atoms with Crippen molar-refractivity contribution in [3.8, 4) is 11.1 Å². The molecule has 0 spiro atoms. The summed E-state index contributed by atoms with van der Waals surface area (Å²) >= 11 is 0. The molecule has 5 rings (SSSR count). The summed E-state index contributed by atoms with van der Waals surface area (Å²) in [6.07, 6.45) is -4.42. The summed E-state index contributed by atoms with van der Waals surface area (Å²) in [6.45, 7) is 2.76. The third-order valence-corrected chi connectivity index (χ3v) is 6.52. The fraction of sp³-hybridized carbons (Fsp3) is 0.259. The molecule has 0 unspecified atom stereocenters. The minimum absolute atomic E-state index is 0.350. The van der Waals surface area contributed by atoms with Gasteiger partial charge in [0.1, 0.15) is 23.3 Å². The number of anilines is 3. The number of benzene rings is 2. The number of nitrogens with one attached hydrogen (secondary N) is 2. The third kappa shape index (κ3) is 5.73. The van der Waals surface area contributed by atoms with Gasteiger partial charge in [0.2, 0.25) is 5.91 Å². The van der Waals surface area contributed by atoms with Gasteiger partial charge in [-0.1, -0.05) is 12.1 Å². The number of primary amides is 1. The van der Waals surface area contributed by atoms with Crippen molar-refractivity contribution in [3.05, 3.63) is 82.6 Å².